The molecule has 0 saturated heterocycles. The second-order valence-corrected chi connectivity index (χ2v) is 6.64. The molecule has 136 valence electrons. The molecule has 0 saturated carbocycles. The maximum atomic E-state index is 13.5. The van der Waals surface area contributed by atoms with Crippen LogP contribution >= 0.6 is 0 Å². The number of hydrogen-bond acceptors (Lipinski definition) is 4. The van der Waals surface area contributed by atoms with Gasteiger partial charge >= 0.3 is 0 Å². The third-order valence-corrected chi connectivity index (χ3v) is 4.47. The van der Waals surface area contributed by atoms with Crippen LogP contribution in [-0.4, -0.2) is 36.0 Å². The van der Waals surface area contributed by atoms with Gasteiger partial charge in [0.15, 0.2) is 11.5 Å². The predicted octanol–water partition coefficient (Wildman–Crippen LogP) is 2.90. The smallest absolute Gasteiger partial charge is 0.266 e. The highest BCUT2D eigenvalue weighted by Crippen LogP contribution is 2.39. The molecule has 0 fully saturated rings. The number of nitrogens with two attached hydrogens (primary N) is 1. The van der Waals surface area contributed by atoms with Gasteiger partial charge in [-0.2, -0.15) is 0 Å². The van der Waals surface area contributed by atoms with Gasteiger partial charge in [0.2, 0.25) is 0 Å². The van der Waals surface area contributed by atoms with Gasteiger partial charge in [-0.1, -0.05) is 60.7 Å². The van der Waals surface area contributed by atoms with Crippen molar-refractivity contribution in [1.82, 2.24) is 4.90 Å². The fourth-order valence-electron chi connectivity index (χ4n) is 3.24. The summed E-state index contributed by atoms with van der Waals surface area (Å²) in [5, 5.41) is 0. The van der Waals surface area contributed by atoms with Crippen molar-refractivity contribution in [3.8, 4) is 0 Å². The Bertz CT molecular complexity index is 733. The number of guanidine groups is 1. The molecule has 2 N–H and O–H groups in total. The molecule has 0 atom stereocenters. The summed E-state index contributed by atoms with van der Waals surface area (Å²) in [6.45, 7) is 5.06. The summed E-state index contributed by atoms with van der Waals surface area (Å²) in [5.74, 6) is 0.143. The van der Waals surface area contributed by atoms with Crippen molar-refractivity contribution in [2.45, 2.75) is 31.9 Å². The molecule has 5 heteroatoms. The third-order valence-electron chi connectivity index (χ3n) is 4.47. The molecule has 2 aromatic carbocycles. The van der Waals surface area contributed by atoms with E-state index in [4.69, 9.17) is 10.5 Å². The molecule has 1 aliphatic rings. The minimum Gasteiger partial charge on any atom is -0.379 e. The van der Waals surface area contributed by atoms with Crippen LogP contribution in [-0.2, 0) is 15.1 Å². The first-order valence-corrected chi connectivity index (χ1v) is 8.95. The van der Waals surface area contributed by atoms with Crippen molar-refractivity contribution in [1.29, 1.82) is 0 Å². The first-order valence-electron chi connectivity index (χ1n) is 8.95. The molecule has 1 aliphatic heterocycles. The van der Waals surface area contributed by atoms with Crippen LogP contribution in [0.4, 0.5) is 0 Å². The Morgan fingerprint density at radius 2 is 1.58 bits per heavy atom. The summed E-state index contributed by atoms with van der Waals surface area (Å²) >= 11 is 0. The Hall–Kier alpha value is -2.66. The van der Waals surface area contributed by atoms with Crippen LogP contribution < -0.4 is 5.73 Å². The number of carbonyl (C=O) groups is 1. The Balaban J connectivity index is 1.93. The van der Waals surface area contributed by atoms with Crippen LogP contribution in [0.15, 0.2) is 65.7 Å². The second kappa shape index (κ2) is 7.70. The number of ether oxygens (including phenoxy) is 1. The molecule has 2 aromatic rings. The van der Waals surface area contributed by atoms with E-state index >= 15 is 0 Å². The van der Waals surface area contributed by atoms with E-state index in [9.17, 15) is 4.79 Å². The zero-order chi connectivity index (χ0) is 18.6. The molecule has 3 rings (SSSR count). The summed E-state index contributed by atoms with van der Waals surface area (Å²) in [5.41, 5.74) is 6.70. The molecule has 26 heavy (non-hydrogen) atoms. The van der Waals surface area contributed by atoms with E-state index in [2.05, 4.69) is 4.99 Å². The highest BCUT2D eigenvalue weighted by Gasteiger charge is 2.50. The van der Waals surface area contributed by atoms with E-state index in [-0.39, 0.29) is 18.0 Å². The maximum absolute atomic E-state index is 13.5. The van der Waals surface area contributed by atoms with Crippen molar-refractivity contribution in [2.75, 3.05) is 13.2 Å². The fourth-order valence-corrected chi connectivity index (χ4v) is 3.24. The minimum absolute atomic E-state index is 0.114. The lowest BCUT2D eigenvalue weighted by molar-refractivity contribution is -0.130. The Labute approximate surface area is 154 Å². The first kappa shape index (κ1) is 18.1. The largest absolute Gasteiger partial charge is 0.379 e. The standard InChI is InChI=1S/C21H25N3O2/c1-16(2)26-15-9-14-24-19(25)21(23-20(24)22,17-10-5-3-6-11-17)18-12-7-4-8-13-18/h3-8,10-13,16H,9,14-15H2,1-2H3,(H2,22,23). The van der Waals surface area contributed by atoms with Gasteiger partial charge < -0.3 is 10.5 Å². The normalized spacial score (nSPS) is 16.2. The quantitative estimate of drug-likeness (QED) is 0.780. The second-order valence-electron chi connectivity index (χ2n) is 6.64. The summed E-state index contributed by atoms with van der Waals surface area (Å²) < 4.78 is 5.57. The number of nitrogens with zero attached hydrogens (tertiary/aromatic N) is 2. The van der Waals surface area contributed by atoms with Gasteiger partial charge in [0.1, 0.15) is 0 Å². The molecule has 0 radical (unpaired) electrons. The first-order chi connectivity index (χ1) is 12.6. The van der Waals surface area contributed by atoms with Gasteiger partial charge in [0.25, 0.3) is 5.91 Å². The maximum Gasteiger partial charge on any atom is 0.266 e. The lowest BCUT2D eigenvalue weighted by Gasteiger charge is -2.27. The molecule has 1 amide bonds. The van der Waals surface area contributed by atoms with E-state index in [0.717, 1.165) is 11.1 Å². The SMILES string of the molecule is CC(C)OCCCN1C(=O)C(c2ccccc2)(c2ccccc2)N=C1N. The highest BCUT2D eigenvalue weighted by atomic mass is 16.5. The lowest BCUT2D eigenvalue weighted by atomic mass is 9.83. The summed E-state index contributed by atoms with van der Waals surface area (Å²) in [4.78, 5) is 19.7. The zero-order valence-corrected chi connectivity index (χ0v) is 15.3. The van der Waals surface area contributed by atoms with Gasteiger partial charge in [0, 0.05) is 13.2 Å². The van der Waals surface area contributed by atoms with E-state index in [0.29, 0.717) is 19.6 Å². The van der Waals surface area contributed by atoms with Crippen molar-refractivity contribution >= 4 is 11.9 Å². The van der Waals surface area contributed by atoms with Crippen molar-refractivity contribution in [2.24, 2.45) is 10.7 Å². The van der Waals surface area contributed by atoms with Gasteiger partial charge in [-0.25, -0.2) is 4.99 Å². The van der Waals surface area contributed by atoms with E-state index in [1.165, 1.54) is 0 Å². The lowest BCUT2D eigenvalue weighted by Crippen LogP contribution is -2.44. The van der Waals surface area contributed by atoms with E-state index < -0.39 is 5.54 Å². The predicted molar refractivity (Wildman–Crippen MR) is 103 cm³/mol. The minimum atomic E-state index is -1.12. The van der Waals surface area contributed by atoms with Crippen LogP contribution in [0.5, 0.6) is 0 Å². The fraction of sp³-hybridized carbons (Fsp3) is 0.333. The van der Waals surface area contributed by atoms with Crippen LogP contribution in [0.1, 0.15) is 31.4 Å². The number of benzene rings is 2. The average molecular weight is 351 g/mol. The van der Waals surface area contributed by atoms with Crippen molar-refractivity contribution in [3.63, 3.8) is 0 Å². The van der Waals surface area contributed by atoms with Gasteiger partial charge in [-0.05, 0) is 31.4 Å². The van der Waals surface area contributed by atoms with Crippen molar-refractivity contribution in [3.05, 3.63) is 71.8 Å². The number of hydrogen-bond donors (Lipinski definition) is 1. The van der Waals surface area contributed by atoms with E-state index in [1.54, 1.807) is 4.90 Å². The molecule has 0 unspecified atom stereocenters. The zero-order valence-electron chi connectivity index (χ0n) is 15.3. The molecule has 0 spiro atoms. The third kappa shape index (κ3) is 3.35. The highest BCUT2D eigenvalue weighted by molar-refractivity contribution is 6.09. The van der Waals surface area contributed by atoms with Gasteiger partial charge in [-0.3, -0.25) is 9.69 Å². The van der Waals surface area contributed by atoms with Gasteiger partial charge in [-0.15, -0.1) is 0 Å². The molecule has 0 bridgehead atoms. The summed E-state index contributed by atoms with van der Waals surface area (Å²) in [6, 6.07) is 19.2. The number of rotatable bonds is 7. The molecular weight excluding hydrogens is 326 g/mol. The Morgan fingerprint density at radius 1 is 1.04 bits per heavy atom. The van der Waals surface area contributed by atoms with Crippen molar-refractivity contribution < 1.29 is 9.53 Å². The number of aliphatic imine (C=N–C) groups is 1. The van der Waals surface area contributed by atoms with Gasteiger partial charge in [0.05, 0.1) is 6.10 Å². The topological polar surface area (TPSA) is 67.9 Å². The summed E-state index contributed by atoms with van der Waals surface area (Å²) in [6.07, 6.45) is 0.878. The molecular formula is C21H25N3O2. The van der Waals surface area contributed by atoms with Crippen LogP contribution in [0.25, 0.3) is 0 Å². The average Bonchev–Trinajstić information content (AvgIpc) is 2.91. The van der Waals surface area contributed by atoms with Crippen LogP contribution in [0.3, 0.4) is 0 Å². The Kier molecular flexibility index (Phi) is 5.38. The summed E-state index contributed by atoms with van der Waals surface area (Å²) in [7, 11) is 0. The molecule has 5 nitrogen and oxygen atoms in total. The van der Waals surface area contributed by atoms with E-state index in [1.807, 2.05) is 74.5 Å². The van der Waals surface area contributed by atoms with Crippen LogP contribution in [0, 0.1) is 0 Å². The monoisotopic (exact) mass is 351 g/mol. The van der Waals surface area contributed by atoms with Crippen LogP contribution in [0.2, 0.25) is 0 Å². The number of amides is 1. The Morgan fingerprint density at radius 3 is 2.08 bits per heavy atom. The number of carbonyl (C=O) groups excluding carboxylic acids is 1. The molecule has 0 aromatic heterocycles. The molecule has 1 heterocycles. The molecule has 0 aliphatic carbocycles.